The molecule has 0 spiro atoms. The zero-order valence-corrected chi connectivity index (χ0v) is 12.5. The van der Waals surface area contributed by atoms with Crippen molar-refractivity contribution >= 4 is 27.9 Å². The van der Waals surface area contributed by atoms with Crippen molar-refractivity contribution in [3.63, 3.8) is 0 Å². The second kappa shape index (κ2) is 7.69. The van der Waals surface area contributed by atoms with Crippen LogP contribution in [0.2, 0.25) is 0 Å². The molecule has 0 radical (unpaired) electrons. The van der Waals surface area contributed by atoms with Gasteiger partial charge in [0.2, 0.25) is 0 Å². The minimum absolute atomic E-state index is 0.164. The molecule has 5 heteroatoms. The minimum atomic E-state index is -0.439. The van der Waals surface area contributed by atoms with Crippen LogP contribution in [0.5, 0.6) is 0 Å². The first kappa shape index (κ1) is 16.4. The first-order chi connectivity index (χ1) is 7.74. The van der Waals surface area contributed by atoms with Crippen LogP contribution in [-0.4, -0.2) is 29.0 Å². The fourth-order valence-electron chi connectivity index (χ4n) is 1.24. The Labute approximate surface area is 111 Å². The average molecular weight is 309 g/mol. The van der Waals surface area contributed by atoms with Gasteiger partial charge in [0.25, 0.3) is 0 Å². The number of hydrogen-bond donors (Lipinski definition) is 0. The van der Waals surface area contributed by atoms with Gasteiger partial charge >= 0.3 is 11.9 Å². The quantitative estimate of drug-likeness (QED) is 0.559. The van der Waals surface area contributed by atoms with Crippen LogP contribution in [0, 0.1) is 0 Å². The van der Waals surface area contributed by atoms with E-state index in [4.69, 9.17) is 9.47 Å². The van der Waals surface area contributed by atoms with Gasteiger partial charge in [-0.15, -0.1) is 0 Å². The number of esters is 2. The molecule has 0 bridgehead atoms. The van der Waals surface area contributed by atoms with E-state index in [2.05, 4.69) is 15.9 Å². The zero-order valence-electron chi connectivity index (χ0n) is 10.9. The van der Waals surface area contributed by atoms with E-state index in [0.29, 0.717) is 19.3 Å². The minimum Gasteiger partial charge on any atom is -0.462 e. The van der Waals surface area contributed by atoms with Crippen LogP contribution in [0.3, 0.4) is 0 Å². The van der Waals surface area contributed by atoms with Crippen molar-refractivity contribution in [3.05, 3.63) is 0 Å². The van der Waals surface area contributed by atoms with E-state index in [-0.39, 0.29) is 23.4 Å². The van der Waals surface area contributed by atoms with Crippen molar-refractivity contribution in [2.45, 2.75) is 58.7 Å². The van der Waals surface area contributed by atoms with E-state index >= 15 is 0 Å². The summed E-state index contributed by atoms with van der Waals surface area (Å²) in [5, 5.41) is 0.198. The molecule has 0 aromatic carbocycles. The highest BCUT2D eigenvalue weighted by atomic mass is 79.9. The number of carbonyl (C=O) groups excluding carboxylic acids is 2. The van der Waals surface area contributed by atoms with Gasteiger partial charge < -0.3 is 9.47 Å². The molecule has 0 aliphatic heterocycles. The fraction of sp³-hybridized carbons (Fsp3) is 0.833. The number of rotatable bonds is 6. The van der Waals surface area contributed by atoms with E-state index in [1.165, 1.54) is 0 Å². The largest absolute Gasteiger partial charge is 0.462 e. The normalized spacial score (nSPS) is 13.0. The molecule has 0 fully saturated rings. The van der Waals surface area contributed by atoms with Gasteiger partial charge in [0, 0.05) is 6.42 Å². The molecule has 0 saturated heterocycles. The van der Waals surface area contributed by atoms with Crippen molar-refractivity contribution in [1.29, 1.82) is 0 Å². The van der Waals surface area contributed by atoms with Crippen LogP contribution in [0.1, 0.15) is 47.0 Å². The smallest absolute Gasteiger partial charge is 0.316 e. The molecular weight excluding hydrogens is 288 g/mol. The van der Waals surface area contributed by atoms with Gasteiger partial charge in [-0.2, -0.15) is 0 Å². The number of alkyl halides is 1. The second-order valence-electron chi connectivity index (χ2n) is 4.91. The van der Waals surface area contributed by atoms with Crippen molar-refractivity contribution in [2.24, 2.45) is 0 Å². The van der Waals surface area contributed by atoms with Gasteiger partial charge in [0.1, 0.15) is 10.9 Å². The fourth-order valence-corrected chi connectivity index (χ4v) is 1.37. The first-order valence-electron chi connectivity index (χ1n) is 5.72. The predicted octanol–water partition coefficient (Wildman–Crippen LogP) is 2.83. The molecule has 100 valence electrons. The lowest BCUT2D eigenvalue weighted by atomic mass is 10.1. The average Bonchev–Trinajstić information content (AvgIpc) is 2.14. The molecule has 17 heavy (non-hydrogen) atoms. The molecule has 0 aromatic heterocycles. The Hall–Kier alpha value is -0.580. The summed E-state index contributed by atoms with van der Waals surface area (Å²) in [6.07, 6.45) is 1.51. The highest BCUT2D eigenvalue weighted by Crippen LogP contribution is 2.11. The molecule has 4 nitrogen and oxygen atoms in total. The number of carbonyl (C=O) groups is 2. The lowest BCUT2D eigenvalue weighted by Gasteiger charge is -2.19. The Balaban J connectivity index is 3.70. The third-order valence-corrected chi connectivity index (χ3v) is 2.31. The van der Waals surface area contributed by atoms with Crippen molar-refractivity contribution in [2.75, 3.05) is 5.33 Å². The Morgan fingerprint density at radius 1 is 1.24 bits per heavy atom. The second-order valence-corrected chi connectivity index (χ2v) is 5.47. The van der Waals surface area contributed by atoms with Crippen molar-refractivity contribution in [1.82, 2.24) is 0 Å². The molecule has 0 aliphatic rings. The molecule has 0 aromatic rings. The number of ether oxygens (including phenoxy) is 2. The molecule has 0 N–H and O–H groups in total. The van der Waals surface area contributed by atoms with Gasteiger partial charge in [-0.25, -0.2) is 0 Å². The Morgan fingerprint density at radius 2 is 1.82 bits per heavy atom. The summed E-state index contributed by atoms with van der Waals surface area (Å²) in [6.45, 7) is 7.33. The molecule has 0 saturated carbocycles. The maximum Gasteiger partial charge on any atom is 0.316 e. The van der Waals surface area contributed by atoms with E-state index < -0.39 is 5.60 Å². The summed E-state index contributed by atoms with van der Waals surface area (Å²) >= 11 is 3.02. The van der Waals surface area contributed by atoms with Gasteiger partial charge in [-0.05, 0) is 40.5 Å². The van der Waals surface area contributed by atoms with Crippen LogP contribution < -0.4 is 0 Å². The molecular formula is C12H21BrO4. The summed E-state index contributed by atoms with van der Waals surface area (Å²) in [5.41, 5.74) is -0.439. The highest BCUT2D eigenvalue weighted by molar-refractivity contribution is 9.09. The molecule has 0 rings (SSSR count). The van der Waals surface area contributed by atoms with Gasteiger partial charge in [-0.1, -0.05) is 15.9 Å². The van der Waals surface area contributed by atoms with Gasteiger partial charge in [-0.3, -0.25) is 9.59 Å². The van der Waals surface area contributed by atoms with E-state index in [1.54, 1.807) is 0 Å². The third-order valence-electron chi connectivity index (χ3n) is 1.85. The Kier molecular flexibility index (Phi) is 7.43. The van der Waals surface area contributed by atoms with Gasteiger partial charge in [0.05, 0.1) is 6.10 Å². The van der Waals surface area contributed by atoms with Gasteiger partial charge in [0.15, 0.2) is 0 Å². The first-order valence-corrected chi connectivity index (χ1v) is 6.84. The third kappa shape index (κ3) is 10.3. The summed E-state index contributed by atoms with van der Waals surface area (Å²) in [5.74, 6) is -0.494. The van der Waals surface area contributed by atoms with Crippen LogP contribution in [0.25, 0.3) is 0 Å². The maximum absolute atomic E-state index is 11.4. The van der Waals surface area contributed by atoms with Crippen LogP contribution in [0.4, 0.5) is 0 Å². The maximum atomic E-state index is 11.4. The van der Waals surface area contributed by atoms with Crippen LogP contribution >= 0.6 is 15.9 Å². The van der Waals surface area contributed by atoms with Crippen LogP contribution in [0.15, 0.2) is 0 Å². The summed E-state index contributed by atoms with van der Waals surface area (Å²) < 4.78 is 10.2. The van der Waals surface area contributed by atoms with Crippen molar-refractivity contribution < 1.29 is 19.1 Å². The topological polar surface area (TPSA) is 52.6 Å². The lowest BCUT2D eigenvalue weighted by molar-refractivity contribution is -0.155. The standard InChI is InChI=1S/C12H21BrO4/c1-9(16-11(15)8-13)6-5-7-10(14)17-12(2,3)4/h9H,5-8H2,1-4H3/t9-/m1/s1. The van der Waals surface area contributed by atoms with Crippen molar-refractivity contribution in [3.8, 4) is 0 Å². The molecule has 0 heterocycles. The summed E-state index contributed by atoms with van der Waals surface area (Å²) in [6, 6.07) is 0. The predicted molar refractivity (Wildman–Crippen MR) is 69.0 cm³/mol. The molecule has 1 atom stereocenters. The number of halogens is 1. The molecule has 0 unspecified atom stereocenters. The van der Waals surface area contributed by atoms with E-state index in [0.717, 1.165) is 0 Å². The SMILES string of the molecule is C[C@H](CCCC(=O)OC(C)(C)C)OC(=O)CBr. The lowest BCUT2D eigenvalue weighted by Crippen LogP contribution is -2.24. The monoisotopic (exact) mass is 308 g/mol. The molecule has 0 aliphatic carbocycles. The Morgan fingerprint density at radius 3 is 2.29 bits per heavy atom. The summed E-state index contributed by atoms with van der Waals surface area (Å²) in [4.78, 5) is 22.3. The Bertz CT molecular complexity index is 258. The van der Waals surface area contributed by atoms with E-state index in [9.17, 15) is 9.59 Å². The number of hydrogen-bond acceptors (Lipinski definition) is 4. The summed E-state index contributed by atoms with van der Waals surface area (Å²) in [7, 11) is 0. The highest BCUT2D eigenvalue weighted by Gasteiger charge is 2.16. The molecule has 0 amide bonds. The van der Waals surface area contributed by atoms with E-state index in [1.807, 2.05) is 27.7 Å². The zero-order chi connectivity index (χ0) is 13.5. The van der Waals surface area contributed by atoms with Crippen LogP contribution in [-0.2, 0) is 19.1 Å².